The van der Waals surface area contributed by atoms with E-state index in [4.69, 9.17) is 0 Å². The van der Waals surface area contributed by atoms with Crippen molar-refractivity contribution in [2.45, 2.75) is 58.9 Å². The summed E-state index contributed by atoms with van der Waals surface area (Å²) in [7, 11) is 3.93. The first-order valence-corrected chi connectivity index (χ1v) is 11.6. The molecule has 2 aromatic carbocycles. The predicted molar refractivity (Wildman–Crippen MR) is 135 cm³/mol. The first-order chi connectivity index (χ1) is 15.5. The van der Waals surface area contributed by atoms with Gasteiger partial charge in [-0.05, 0) is 53.6 Å². The second-order valence-electron chi connectivity index (χ2n) is 10.1. The standard InChI is InChI=1S/C28H36N2O3/c1-8-9-16-30-24(19-11-14-21(15-12-19)29(6)7)23(26(32)27(30)33)25(31)22-17-20(28(3,4)5)13-10-18(22)2/h10-15,17,24,31H,8-9,16H2,1-7H3/b25-23+. The van der Waals surface area contributed by atoms with Gasteiger partial charge in [-0.2, -0.15) is 0 Å². The van der Waals surface area contributed by atoms with Crippen molar-refractivity contribution in [3.8, 4) is 0 Å². The van der Waals surface area contributed by atoms with Crippen LogP contribution in [0, 0.1) is 6.92 Å². The number of anilines is 1. The number of aliphatic hydroxyl groups excluding tert-OH is 1. The highest BCUT2D eigenvalue weighted by Crippen LogP contribution is 2.41. The van der Waals surface area contributed by atoms with E-state index in [1.165, 1.54) is 0 Å². The van der Waals surface area contributed by atoms with Crippen molar-refractivity contribution in [3.63, 3.8) is 0 Å². The number of carbonyl (C=O) groups is 2. The normalized spacial score (nSPS) is 18.2. The first kappa shape index (κ1) is 24.6. The summed E-state index contributed by atoms with van der Waals surface area (Å²) in [6.45, 7) is 10.8. The van der Waals surface area contributed by atoms with Crippen LogP contribution in [0.4, 0.5) is 5.69 Å². The van der Waals surface area contributed by atoms with Crippen LogP contribution in [0.5, 0.6) is 0 Å². The molecule has 3 rings (SSSR count). The number of aliphatic hydroxyl groups is 1. The van der Waals surface area contributed by atoms with Crippen LogP contribution >= 0.6 is 0 Å². The third kappa shape index (κ3) is 4.82. The number of nitrogens with zero attached hydrogens (tertiary/aromatic N) is 2. The number of rotatable bonds is 6. The highest BCUT2D eigenvalue weighted by Gasteiger charge is 2.45. The lowest BCUT2D eigenvalue weighted by atomic mass is 9.84. The van der Waals surface area contributed by atoms with Crippen LogP contribution in [0.15, 0.2) is 48.0 Å². The predicted octanol–water partition coefficient (Wildman–Crippen LogP) is 5.58. The van der Waals surface area contributed by atoms with E-state index in [-0.39, 0.29) is 16.7 Å². The number of likely N-dealkylation sites (tertiary alicyclic amines) is 1. The average molecular weight is 449 g/mol. The highest BCUT2D eigenvalue weighted by atomic mass is 16.3. The Morgan fingerprint density at radius 3 is 2.24 bits per heavy atom. The number of hydrogen-bond acceptors (Lipinski definition) is 4. The Hall–Kier alpha value is -3.08. The highest BCUT2D eigenvalue weighted by molar-refractivity contribution is 6.46. The molecule has 1 saturated heterocycles. The van der Waals surface area contributed by atoms with Crippen LogP contribution in [0.2, 0.25) is 0 Å². The molecule has 0 aromatic heterocycles. The molecule has 0 saturated carbocycles. The number of ketones is 1. The maximum atomic E-state index is 13.2. The molecule has 33 heavy (non-hydrogen) atoms. The summed E-state index contributed by atoms with van der Waals surface area (Å²) in [6.07, 6.45) is 1.69. The number of benzene rings is 2. The fourth-order valence-corrected chi connectivity index (χ4v) is 4.23. The van der Waals surface area contributed by atoms with Crippen molar-refractivity contribution in [2.75, 3.05) is 25.5 Å². The molecule has 2 aromatic rings. The van der Waals surface area contributed by atoms with Gasteiger partial charge in [-0.1, -0.05) is 58.4 Å². The van der Waals surface area contributed by atoms with E-state index in [1.54, 1.807) is 4.90 Å². The van der Waals surface area contributed by atoms with Crippen molar-refractivity contribution in [1.82, 2.24) is 4.90 Å². The van der Waals surface area contributed by atoms with Crippen LogP contribution in [-0.2, 0) is 15.0 Å². The van der Waals surface area contributed by atoms with Gasteiger partial charge in [0.05, 0.1) is 11.6 Å². The number of Topliss-reactive ketones (excluding diaryl/α,β-unsaturated/α-hetero) is 1. The number of aryl methyl sites for hydroxylation is 1. The van der Waals surface area contributed by atoms with Gasteiger partial charge in [0.15, 0.2) is 0 Å². The van der Waals surface area contributed by atoms with Crippen LogP contribution in [0.3, 0.4) is 0 Å². The SMILES string of the molecule is CCCCN1C(=O)C(=O)/C(=C(/O)c2cc(C(C)(C)C)ccc2C)C1c1ccc(N(C)C)cc1. The second-order valence-corrected chi connectivity index (χ2v) is 10.1. The minimum atomic E-state index is -0.620. The molecule has 1 atom stereocenters. The number of amides is 1. The maximum absolute atomic E-state index is 13.2. The van der Waals surface area contributed by atoms with Gasteiger partial charge in [0.1, 0.15) is 5.76 Å². The van der Waals surface area contributed by atoms with Gasteiger partial charge in [-0.15, -0.1) is 0 Å². The van der Waals surface area contributed by atoms with Crippen molar-refractivity contribution >= 4 is 23.1 Å². The Balaban J connectivity index is 2.21. The molecule has 5 heteroatoms. The van der Waals surface area contributed by atoms with Gasteiger partial charge in [0.25, 0.3) is 11.7 Å². The van der Waals surface area contributed by atoms with Gasteiger partial charge in [-0.25, -0.2) is 0 Å². The van der Waals surface area contributed by atoms with Crippen LogP contribution in [0.25, 0.3) is 5.76 Å². The Morgan fingerprint density at radius 2 is 1.70 bits per heavy atom. The van der Waals surface area contributed by atoms with Gasteiger partial charge >= 0.3 is 0 Å². The number of unbranched alkanes of at least 4 members (excludes halogenated alkanes) is 1. The monoisotopic (exact) mass is 448 g/mol. The molecule has 1 fully saturated rings. The average Bonchev–Trinajstić information content (AvgIpc) is 3.01. The smallest absolute Gasteiger partial charge is 0.295 e. The quantitative estimate of drug-likeness (QED) is 0.356. The molecule has 1 aliphatic rings. The minimum Gasteiger partial charge on any atom is -0.507 e. The van der Waals surface area contributed by atoms with Crippen molar-refractivity contribution in [1.29, 1.82) is 0 Å². The summed E-state index contributed by atoms with van der Waals surface area (Å²) < 4.78 is 0. The van der Waals surface area contributed by atoms with Gasteiger partial charge in [0.2, 0.25) is 0 Å². The molecule has 0 bridgehead atoms. The Morgan fingerprint density at radius 1 is 1.06 bits per heavy atom. The van der Waals surface area contributed by atoms with E-state index < -0.39 is 17.7 Å². The fraction of sp³-hybridized carbons (Fsp3) is 0.429. The maximum Gasteiger partial charge on any atom is 0.295 e. The first-order valence-electron chi connectivity index (χ1n) is 11.6. The summed E-state index contributed by atoms with van der Waals surface area (Å²) in [5.74, 6) is -1.26. The van der Waals surface area contributed by atoms with Gasteiger partial charge < -0.3 is 14.9 Å². The van der Waals surface area contributed by atoms with Crippen LogP contribution < -0.4 is 4.90 Å². The van der Waals surface area contributed by atoms with E-state index in [1.807, 2.05) is 68.4 Å². The molecule has 1 aliphatic heterocycles. The zero-order valence-electron chi connectivity index (χ0n) is 20.9. The van der Waals surface area contributed by atoms with Crippen molar-refractivity contribution < 1.29 is 14.7 Å². The zero-order valence-corrected chi connectivity index (χ0v) is 20.9. The molecule has 5 nitrogen and oxygen atoms in total. The van der Waals surface area contributed by atoms with Gasteiger partial charge in [0, 0.05) is 31.9 Å². The Labute approximate surface area is 197 Å². The molecule has 1 heterocycles. The Bertz CT molecular complexity index is 1080. The Kier molecular flexibility index (Phi) is 7.01. The molecule has 0 radical (unpaired) electrons. The van der Waals surface area contributed by atoms with Crippen molar-refractivity contribution in [2.24, 2.45) is 0 Å². The number of carbonyl (C=O) groups excluding carboxylic acids is 2. The third-order valence-electron chi connectivity index (χ3n) is 6.38. The summed E-state index contributed by atoms with van der Waals surface area (Å²) in [5.41, 5.74) is 4.43. The minimum absolute atomic E-state index is 0.0994. The molecular formula is C28H36N2O3. The topological polar surface area (TPSA) is 60.9 Å². The largest absolute Gasteiger partial charge is 0.507 e. The summed E-state index contributed by atoms with van der Waals surface area (Å²) >= 11 is 0. The summed E-state index contributed by atoms with van der Waals surface area (Å²) in [4.78, 5) is 29.9. The third-order valence-corrected chi connectivity index (χ3v) is 6.38. The molecule has 1 N–H and O–H groups in total. The lowest BCUT2D eigenvalue weighted by molar-refractivity contribution is -0.139. The lowest BCUT2D eigenvalue weighted by Crippen LogP contribution is -2.30. The molecule has 176 valence electrons. The number of hydrogen-bond donors (Lipinski definition) is 1. The van der Waals surface area contributed by atoms with E-state index in [2.05, 4.69) is 27.7 Å². The van der Waals surface area contributed by atoms with Crippen LogP contribution in [-0.4, -0.2) is 42.3 Å². The van der Waals surface area contributed by atoms with E-state index in [9.17, 15) is 14.7 Å². The van der Waals surface area contributed by atoms with E-state index in [0.29, 0.717) is 12.1 Å². The second kappa shape index (κ2) is 9.42. The molecule has 1 unspecified atom stereocenters. The summed E-state index contributed by atoms with van der Waals surface area (Å²) in [6, 6.07) is 13.2. The molecular weight excluding hydrogens is 412 g/mol. The zero-order chi connectivity index (χ0) is 24.5. The van der Waals surface area contributed by atoms with E-state index in [0.717, 1.165) is 35.2 Å². The molecule has 0 spiro atoms. The fourth-order valence-electron chi connectivity index (χ4n) is 4.23. The lowest BCUT2D eigenvalue weighted by Gasteiger charge is -2.26. The van der Waals surface area contributed by atoms with Gasteiger partial charge in [-0.3, -0.25) is 9.59 Å². The summed E-state index contributed by atoms with van der Waals surface area (Å²) in [5, 5.41) is 11.5. The van der Waals surface area contributed by atoms with Crippen LogP contribution in [0.1, 0.15) is 68.8 Å². The van der Waals surface area contributed by atoms with E-state index >= 15 is 0 Å². The molecule has 0 aliphatic carbocycles. The molecule has 1 amide bonds. The van der Waals surface area contributed by atoms with Crippen molar-refractivity contribution in [3.05, 3.63) is 70.3 Å².